The van der Waals surface area contributed by atoms with Crippen molar-refractivity contribution in [3.05, 3.63) is 64.2 Å². The third-order valence-corrected chi connectivity index (χ3v) is 4.15. The van der Waals surface area contributed by atoms with Gasteiger partial charge >= 0.3 is 0 Å². The minimum Gasteiger partial charge on any atom is -0.496 e. The second-order valence-electron chi connectivity index (χ2n) is 4.89. The third-order valence-electron chi connectivity index (χ3n) is 3.43. The fourth-order valence-electron chi connectivity index (χ4n) is 2.39. The molecule has 20 heavy (non-hydrogen) atoms. The van der Waals surface area contributed by atoms with E-state index < -0.39 is 0 Å². The maximum absolute atomic E-state index is 6.28. The molecule has 0 fully saturated rings. The molecule has 0 saturated carbocycles. The number of hydrogen-bond acceptors (Lipinski definition) is 1. The SMILES string of the molecule is COc1ccc(C)cc1CC(CCl)c1ccccc1Cl. The Morgan fingerprint density at radius 2 is 1.90 bits per heavy atom. The van der Waals surface area contributed by atoms with Crippen molar-refractivity contribution in [2.75, 3.05) is 13.0 Å². The molecule has 0 bridgehead atoms. The molecule has 2 aromatic carbocycles. The van der Waals surface area contributed by atoms with Gasteiger partial charge in [-0.25, -0.2) is 0 Å². The highest BCUT2D eigenvalue weighted by Gasteiger charge is 2.16. The van der Waals surface area contributed by atoms with Crippen LogP contribution in [0.4, 0.5) is 0 Å². The first-order valence-corrected chi connectivity index (χ1v) is 7.51. The Bertz CT molecular complexity index is 581. The Hall–Kier alpha value is -1.18. The summed E-state index contributed by atoms with van der Waals surface area (Å²) in [5.74, 6) is 1.61. The summed E-state index contributed by atoms with van der Waals surface area (Å²) >= 11 is 12.4. The lowest BCUT2D eigenvalue weighted by Gasteiger charge is -2.18. The van der Waals surface area contributed by atoms with Crippen molar-refractivity contribution in [3.63, 3.8) is 0 Å². The minimum absolute atomic E-state index is 0.182. The largest absolute Gasteiger partial charge is 0.496 e. The predicted molar refractivity (Wildman–Crippen MR) is 86.3 cm³/mol. The maximum atomic E-state index is 6.28. The quantitative estimate of drug-likeness (QED) is 0.688. The van der Waals surface area contributed by atoms with Crippen LogP contribution in [0, 0.1) is 6.92 Å². The van der Waals surface area contributed by atoms with Gasteiger partial charge in [-0.05, 0) is 36.6 Å². The van der Waals surface area contributed by atoms with Crippen molar-refractivity contribution in [2.45, 2.75) is 19.3 Å². The third kappa shape index (κ3) is 3.47. The lowest BCUT2D eigenvalue weighted by atomic mass is 9.92. The van der Waals surface area contributed by atoms with Gasteiger partial charge in [0.15, 0.2) is 0 Å². The summed E-state index contributed by atoms with van der Waals surface area (Å²) in [5, 5.41) is 0.768. The molecule has 3 heteroatoms. The van der Waals surface area contributed by atoms with Crippen LogP contribution in [0.1, 0.15) is 22.6 Å². The molecule has 0 N–H and O–H groups in total. The second-order valence-corrected chi connectivity index (χ2v) is 5.61. The molecule has 1 atom stereocenters. The first kappa shape index (κ1) is 15.2. The minimum atomic E-state index is 0.182. The van der Waals surface area contributed by atoms with Crippen LogP contribution in [0.5, 0.6) is 5.75 Å². The van der Waals surface area contributed by atoms with Gasteiger partial charge in [-0.3, -0.25) is 0 Å². The molecule has 2 aromatic rings. The molecule has 0 radical (unpaired) electrons. The van der Waals surface area contributed by atoms with Gasteiger partial charge < -0.3 is 4.74 Å². The monoisotopic (exact) mass is 308 g/mol. The summed E-state index contributed by atoms with van der Waals surface area (Å²) in [4.78, 5) is 0. The molecular formula is C17H18Cl2O. The van der Waals surface area contributed by atoms with Gasteiger partial charge in [0, 0.05) is 16.8 Å². The van der Waals surface area contributed by atoms with E-state index in [0.29, 0.717) is 5.88 Å². The van der Waals surface area contributed by atoms with Crippen LogP contribution in [0.25, 0.3) is 0 Å². The number of hydrogen-bond donors (Lipinski definition) is 0. The summed E-state index contributed by atoms with van der Waals surface area (Å²) in [5.41, 5.74) is 3.47. The van der Waals surface area contributed by atoms with Crippen LogP contribution in [0.15, 0.2) is 42.5 Å². The van der Waals surface area contributed by atoms with Gasteiger partial charge in [0.2, 0.25) is 0 Å². The molecular weight excluding hydrogens is 291 g/mol. The van der Waals surface area contributed by atoms with Gasteiger partial charge in [-0.15, -0.1) is 11.6 Å². The molecule has 1 nitrogen and oxygen atoms in total. The molecule has 1 unspecified atom stereocenters. The van der Waals surface area contributed by atoms with Crippen molar-refractivity contribution in [3.8, 4) is 5.75 Å². The lowest BCUT2D eigenvalue weighted by molar-refractivity contribution is 0.408. The van der Waals surface area contributed by atoms with Gasteiger partial charge in [-0.1, -0.05) is 47.5 Å². The van der Waals surface area contributed by atoms with Crippen LogP contribution in [-0.2, 0) is 6.42 Å². The van der Waals surface area contributed by atoms with E-state index in [1.54, 1.807) is 7.11 Å². The number of rotatable bonds is 5. The molecule has 0 aliphatic carbocycles. The Labute approximate surface area is 130 Å². The highest BCUT2D eigenvalue weighted by atomic mass is 35.5. The average molecular weight is 309 g/mol. The van der Waals surface area contributed by atoms with Crippen molar-refractivity contribution in [1.82, 2.24) is 0 Å². The van der Waals surface area contributed by atoms with E-state index >= 15 is 0 Å². The topological polar surface area (TPSA) is 9.23 Å². The molecule has 2 rings (SSSR count). The summed E-state index contributed by atoms with van der Waals surface area (Å²) in [6.07, 6.45) is 0.818. The number of halogens is 2. The van der Waals surface area contributed by atoms with E-state index in [1.165, 1.54) is 5.56 Å². The number of alkyl halides is 1. The Morgan fingerprint density at radius 1 is 1.15 bits per heavy atom. The average Bonchev–Trinajstić information content (AvgIpc) is 2.46. The van der Waals surface area contributed by atoms with Gasteiger partial charge in [0.05, 0.1) is 7.11 Å². The van der Waals surface area contributed by atoms with Crippen molar-refractivity contribution >= 4 is 23.2 Å². The Kier molecular flexibility index (Phi) is 5.33. The molecule has 0 aliphatic heterocycles. The van der Waals surface area contributed by atoms with Crippen LogP contribution >= 0.6 is 23.2 Å². The zero-order valence-electron chi connectivity index (χ0n) is 11.7. The first-order valence-electron chi connectivity index (χ1n) is 6.59. The van der Waals surface area contributed by atoms with Gasteiger partial charge in [0.25, 0.3) is 0 Å². The summed E-state index contributed by atoms with van der Waals surface area (Å²) in [6, 6.07) is 14.1. The van der Waals surface area contributed by atoms with E-state index in [9.17, 15) is 0 Å². The maximum Gasteiger partial charge on any atom is 0.122 e. The molecule has 106 valence electrons. The fraction of sp³-hybridized carbons (Fsp3) is 0.294. The molecule has 0 spiro atoms. The van der Waals surface area contributed by atoms with E-state index in [0.717, 1.165) is 28.3 Å². The zero-order chi connectivity index (χ0) is 14.5. The first-order chi connectivity index (χ1) is 9.65. The smallest absolute Gasteiger partial charge is 0.122 e. The number of aryl methyl sites for hydroxylation is 1. The molecule has 0 heterocycles. The molecule has 0 aromatic heterocycles. The van der Waals surface area contributed by atoms with Crippen LogP contribution in [0.3, 0.4) is 0 Å². The van der Waals surface area contributed by atoms with Crippen molar-refractivity contribution < 1.29 is 4.74 Å². The normalized spacial score (nSPS) is 12.2. The number of methoxy groups -OCH3 is 1. The summed E-state index contributed by atoms with van der Waals surface area (Å²) in [7, 11) is 1.69. The predicted octanol–water partition coefficient (Wildman–Crippen LogP) is 5.22. The van der Waals surface area contributed by atoms with Crippen LogP contribution in [0.2, 0.25) is 5.02 Å². The van der Waals surface area contributed by atoms with Crippen LogP contribution in [-0.4, -0.2) is 13.0 Å². The van der Waals surface area contributed by atoms with Gasteiger partial charge in [0.1, 0.15) is 5.75 Å². The van der Waals surface area contributed by atoms with E-state index in [4.69, 9.17) is 27.9 Å². The number of benzene rings is 2. The van der Waals surface area contributed by atoms with E-state index in [1.807, 2.05) is 36.4 Å². The number of ether oxygens (including phenoxy) is 1. The summed E-state index contributed by atoms with van der Waals surface area (Å²) in [6.45, 7) is 2.08. The lowest BCUT2D eigenvalue weighted by Crippen LogP contribution is -2.07. The van der Waals surface area contributed by atoms with Crippen LogP contribution < -0.4 is 4.74 Å². The standard InChI is InChI=1S/C17H18Cl2O/c1-12-7-8-17(20-2)13(9-12)10-14(11-18)15-5-3-4-6-16(15)19/h3-9,14H,10-11H2,1-2H3. The molecule has 0 amide bonds. The fourth-order valence-corrected chi connectivity index (χ4v) is 2.95. The Morgan fingerprint density at radius 3 is 2.55 bits per heavy atom. The van der Waals surface area contributed by atoms with Crippen molar-refractivity contribution in [2.24, 2.45) is 0 Å². The Balaban J connectivity index is 2.31. The highest BCUT2D eigenvalue weighted by Crippen LogP contribution is 2.31. The van der Waals surface area contributed by atoms with Crippen molar-refractivity contribution in [1.29, 1.82) is 0 Å². The molecule has 0 saturated heterocycles. The summed E-state index contributed by atoms with van der Waals surface area (Å²) < 4.78 is 5.44. The van der Waals surface area contributed by atoms with E-state index in [2.05, 4.69) is 13.0 Å². The van der Waals surface area contributed by atoms with Gasteiger partial charge in [-0.2, -0.15) is 0 Å². The highest BCUT2D eigenvalue weighted by molar-refractivity contribution is 6.31. The second kappa shape index (κ2) is 7.01. The van der Waals surface area contributed by atoms with E-state index in [-0.39, 0.29) is 5.92 Å². The zero-order valence-corrected chi connectivity index (χ0v) is 13.2. The molecule has 0 aliphatic rings.